The summed E-state index contributed by atoms with van der Waals surface area (Å²) in [6.45, 7) is 5.50. The number of pyridine rings is 1. The summed E-state index contributed by atoms with van der Waals surface area (Å²) < 4.78 is 14.8. The Morgan fingerprint density at radius 1 is 1.17 bits per heavy atom. The molecule has 3 heterocycles. The maximum atomic E-state index is 13.5. The molecule has 5 aromatic rings. The molecule has 1 atom stereocenters. The number of primary amides is 1. The van der Waals surface area contributed by atoms with Crippen LogP contribution in [-0.2, 0) is 7.05 Å². The number of aryl methyl sites for hydroxylation is 2. The highest BCUT2D eigenvalue weighted by molar-refractivity contribution is 9.10. The summed E-state index contributed by atoms with van der Waals surface area (Å²) in [6.07, 6.45) is 1.34. The average molecular weight is 547 g/mol. The third kappa shape index (κ3) is 4.15. The molecule has 0 fully saturated rings. The Morgan fingerprint density at radius 3 is 2.69 bits per heavy atom. The molecule has 0 aliphatic rings. The van der Waals surface area contributed by atoms with Crippen LogP contribution >= 0.6 is 15.9 Å². The quantitative estimate of drug-likeness (QED) is 0.297. The Hall–Kier alpha value is -3.98. The van der Waals surface area contributed by atoms with E-state index in [1.807, 2.05) is 57.4 Å². The lowest BCUT2D eigenvalue weighted by atomic mass is 9.99. The van der Waals surface area contributed by atoms with Crippen LogP contribution < -0.4 is 15.9 Å². The lowest BCUT2D eigenvalue weighted by molar-refractivity contribution is 0.0988. The first-order chi connectivity index (χ1) is 17.1. The average Bonchev–Trinajstić information content (AvgIpc) is 3.21. The van der Waals surface area contributed by atoms with E-state index in [9.17, 15) is 9.59 Å². The van der Waals surface area contributed by atoms with Crippen LogP contribution in [0.5, 0.6) is 5.75 Å². The van der Waals surface area contributed by atoms with Gasteiger partial charge in [-0.2, -0.15) is 5.10 Å². The van der Waals surface area contributed by atoms with E-state index in [4.69, 9.17) is 14.9 Å². The zero-order valence-corrected chi connectivity index (χ0v) is 21.7. The standard InChI is InChI=1S/C27H23BrN4O4/c1-13-9-18(15(3)35-21-7-8-22(28)30-23(21)27(29)34)26-19(10-13)24(33)14(2)25(36-26)16-5-6-20-17(11-16)12-32(4)31-20/h5-12,15H,1-4H3,(H2,29,34)/t15-/m1/s1. The van der Waals surface area contributed by atoms with Gasteiger partial charge >= 0.3 is 0 Å². The summed E-state index contributed by atoms with van der Waals surface area (Å²) in [4.78, 5) is 29.5. The number of fused-ring (bicyclic) bond motifs is 2. The molecule has 2 N–H and O–H groups in total. The van der Waals surface area contributed by atoms with Gasteiger partial charge in [-0.05, 0) is 84.7 Å². The zero-order chi connectivity index (χ0) is 25.7. The maximum Gasteiger partial charge on any atom is 0.271 e. The van der Waals surface area contributed by atoms with Crippen LogP contribution in [0.15, 0.2) is 62.5 Å². The fourth-order valence-corrected chi connectivity index (χ4v) is 4.69. The molecular formula is C27H23BrN4O4. The minimum absolute atomic E-state index is 0.0101. The maximum absolute atomic E-state index is 13.5. The number of halogens is 1. The Bertz CT molecular complexity index is 1740. The number of nitrogens with two attached hydrogens (primary N) is 1. The molecule has 9 heteroatoms. The van der Waals surface area contributed by atoms with E-state index in [0.29, 0.717) is 32.5 Å². The Morgan fingerprint density at radius 2 is 1.94 bits per heavy atom. The van der Waals surface area contributed by atoms with Crippen molar-refractivity contribution in [2.45, 2.75) is 26.9 Å². The van der Waals surface area contributed by atoms with Crippen molar-refractivity contribution < 1.29 is 13.9 Å². The van der Waals surface area contributed by atoms with Crippen LogP contribution in [0.1, 0.15) is 40.2 Å². The van der Waals surface area contributed by atoms with E-state index in [1.54, 1.807) is 23.7 Å². The number of nitrogens with zero attached hydrogens (tertiary/aromatic N) is 3. The Balaban J connectivity index is 1.67. The summed E-state index contributed by atoms with van der Waals surface area (Å²) in [5.41, 5.74) is 9.53. The normalized spacial score (nSPS) is 12.2. The van der Waals surface area contributed by atoms with E-state index < -0.39 is 12.0 Å². The molecule has 0 saturated heterocycles. The number of hydrogen-bond donors (Lipinski definition) is 1. The zero-order valence-electron chi connectivity index (χ0n) is 20.1. The summed E-state index contributed by atoms with van der Waals surface area (Å²) in [5, 5.41) is 5.83. The highest BCUT2D eigenvalue weighted by atomic mass is 79.9. The number of hydrogen-bond acceptors (Lipinski definition) is 6. The molecule has 8 nitrogen and oxygen atoms in total. The molecule has 0 saturated carbocycles. The number of amides is 1. The highest BCUT2D eigenvalue weighted by Crippen LogP contribution is 2.34. The molecule has 36 heavy (non-hydrogen) atoms. The van der Waals surface area contributed by atoms with Gasteiger partial charge in [0.25, 0.3) is 5.91 Å². The van der Waals surface area contributed by atoms with Gasteiger partial charge < -0.3 is 14.9 Å². The van der Waals surface area contributed by atoms with Crippen LogP contribution in [0.25, 0.3) is 33.2 Å². The van der Waals surface area contributed by atoms with Crippen LogP contribution in [0.2, 0.25) is 0 Å². The van der Waals surface area contributed by atoms with Gasteiger partial charge in [-0.1, -0.05) is 0 Å². The third-order valence-corrected chi connectivity index (χ3v) is 6.51. The van der Waals surface area contributed by atoms with Gasteiger partial charge in [-0.3, -0.25) is 14.3 Å². The van der Waals surface area contributed by atoms with Crippen molar-refractivity contribution in [3.63, 3.8) is 0 Å². The molecule has 3 aromatic heterocycles. The molecule has 0 unspecified atom stereocenters. The van der Waals surface area contributed by atoms with E-state index >= 15 is 0 Å². The monoisotopic (exact) mass is 546 g/mol. The molecule has 0 aliphatic heterocycles. The summed E-state index contributed by atoms with van der Waals surface area (Å²) >= 11 is 3.25. The first-order valence-electron chi connectivity index (χ1n) is 11.3. The minimum atomic E-state index is -0.706. The number of benzene rings is 2. The van der Waals surface area contributed by atoms with Crippen molar-refractivity contribution in [1.29, 1.82) is 0 Å². The van der Waals surface area contributed by atoms with Crippen LogP contribution in [0.4, 0.5) is 0 Å². The first-order valence-corrected chi connectivity index (χ1v) is 12.1. The highest BCUT2D eigenvalue weighted by Gasteiger charge is 2.22. The van der Waals surface area contributed by atoms with E-state index in [2.05, 4.69) is 26.0 Å². The van der Waals surface area contributed by atoms with Crippen LogP contribution in [0, 0.1) is 13.8 Å². The lowest BCUT2D eigenvalue weighted by Crippen LogP contribution is -2.17. The second-order valence-electron chi connectivity index (χ2n) is 8.80. The van der Waals surface area contributed by atoms with Gasteiger partial charge in [-0.25, -0.2) is 4.98 Å². The van der Waals surface area contributed by atoms with Crippen molar-refractivity contribution in [1.82, 2.24) is 14.8 Å². The minimum Gasteiger partial charge on any atom is -0.483 e. The number of carbonyl (C=O) groups is 1. The summed E-state index contributed by atoms with van der Waals surface area (Å²) in [7, 11) is 1.86. The third-order valence-electron chi connectivity index (χ3n) is 6.07. The number of aromatic nitrogens is 3. The smallest absolute Gasteiger partial charge is 0.271 e. The van der Waals surface area contributed by atoms with Gasteiger partial charge in [-0.15, -0.1) is 0 Å². The fourth-order valence-electron chi connectivity index (χ4n) is 4.38. The molecule has 2 aromatic carbocycles. The first kappa shape index (κ1) is 23.7. The van der Waals surface area contributed by atoms with Crippen molar-refractivity contribution in [2.75, 3.05) is 0 Å². The van der Waals surface area contributed by atoms with Crippen LogP contribution in [0.3, 0.4) is 0 Å². The topological polar surface area (TPSA) is 113 Å². The predicted octanol–water partition coefficient (Wildman–Crippen LogP) is 5.36. The number of ether oxygens (including phenoxy) is 1. The SMILES string of the molecule is Cc1cc([C@@H](C)Oc2ccc(Br)nc2C(N)=O)c2oc(-c3ccc4nn(C)cc4c3)c(C)c(=O)c2c1. The van der Waals surface area contributed by atoms with Crippen molar-refractivity contribution in [2.24, 2.45) is 12.8 Å². The predicted molar refractivity (Wildman–Crippen MR) is 141 cm³/mol. The summed E-state index contributed by atoms with van der Waals surface area (Å²) in [5.74, 6) is 0.0195. The molecule has 182 valence electrons. The van der Waals surface area contributed by atoms with Gasteiger partial charge in [0, 0.05) is 35.3 Å². The molecule has 0 aliphatic carbocycles. The van der Waals surface area contributed by atoms with E-state index in [1.165, 1.54) is 0 Å². The summed E-state index contributed by atoms with van der Waals surface area (Å²) in [6, 6.07) is 12.8. The molecule has 0 bridgehead atoms. The van der Waals surface area contributed by atoms with Gasteiger partial charge in [0.2, 0.25) is 0 Å². The van der Waals surface area contributed by atoms with E-state index in [-0.39, 0.29) is 16.9 Å². The second-order valence-corrected chi connectivity index (χ2v) is 9.61. The largest absolute Gasteiger partial charge is 0.483 e. The Kier molecular flexibility index (Phi) is 5.88. The fraction of sp³-hybridized carbons (Fsp3) is 0.185. The van der Waals surface area contributed by atoms with Crippen molar-refractivity contribution in [3.8, 4) is 17.1 Å². The molecule has 0 spiro atoms. The molecule has 5 rings (SSSR count). The van der Waals surface area contributed by atoms with Crippen molar-refractivity contribution >= 4 is 43.7 Å². The lowest BCUT2D eigenvalue weighted by Gasteiger charge is -2.19. The number of rotatable bonds is 5. The van der Waals surface area contributed by atoms with E-state index in [0.717, 1.165) is 22.0 Å². The molecule has 0 radical (unpaired) electrons. The second kappa shape index (κ2) is 8.91. The Labute approximate surface area is 214 Å². The molecule has 1 amide bonds. The van der Waals surface area contributed by atoms with Gasteiger partial charge in [0.15, 0.2) is 16.9 Å². The van der Waals surface area contributed by atoms with Gasteiger partial charge in [0.1, 0.15) is 22.1 Å². The van der Waals surface area contributed by atoms with Crippen LogP contribution in [-0.4, -0.2) is 20.7 Å². The molecular weight excluding hydrogens is 524 g/mol. The number of carbonyl (C=O) groups excluding carboxylic acids is 1. The van der Waals surface area contributed by atoms with Crippen molar-refractivity contribution in [3.05, 3.63) is 85.9 Å². The van der Waals surface area contributed by atoms with Gasteiger partial charge in [0.05, 0.1) is 10.9 Å².